The van der Waals surface area contributed by atoms with Crippen molar-refractivity contribution >= 4 is 38.4 Å². The van der Waals surface area contributed by atoms with E-state index in [4.69, 9.17) is 4.74 Å². The van der Waals surface area contributed by atoms with Crippen LogP contribution in [0, 0.1) is 5.92 Å². The van der Waals surface area contributed by atoms with Gasteiger partial charge in [0.1, 0.15) is 11.6 Å². The van der Waals surface area contributed by atoms with E-state index in [9.17, 15) is 0 Å². The van der Waals surface area contributed by atoms with Gasteiger partial charge in [0.2, 0.25) is 5.13 Å². The maximum absolute atomic E-state index is 5.94. The van der Waals surface area contributed by atoms with E-state index >= 15 is 0 Å². The van der Waals surface area contributed by atoms with Gasteiger partial charge in [-0.25, -0.2) is 9.97 Å². The van der Waals surface area contributed by atoms with Gasteiger partial charge in [0.25, 0.3) is 0 Å². The van der Waals surface area contributed by atoms with E-state index in [-0.39, 0.29) is 0 Å². The molecule has 0 aliphatic rings. The number of hydrogen-bond acceptors (Lipinski definition) is 6. The average Bonchev–Trinajstić information content (AvgIpc) is 2.97. The Morgan fingerprint density at radius 3 is 2.79 bits per heavy atom. The Labute approximate surface area is 153 Å². The number of hydrogen-bond donors (Lipinski definition) is 1. The molecule has 0 bridgehead atoms. The first-order chi connectivity index (χ1) is 11.6. The number of rotatable bonds is 6. The van der Waals surface area contributed by atoms with Crippen molar-refractivity contribution in [2.75, 3.05) is 5.32 Å². The predicted octanol–water partition coefficient (Wildman–Crippen LogP) is 5.43. The molecule has 0 aliphatic heterocycles. The fourth-order valence-electron chi connectivity index (χ4n) is 2.06. The first-order valence-corrected chi connectivity index (χ1v) is 9.15. The molecule has 0 amide bonds. The molecule has 0 fully saturated rings. The standard InChI is InChI=1S/C17H17BrN4OS/c1-11(2)8-15-20-17(24-22-15)21-16-14(9-12(18)10-19-16)23-13-6-4-3-5-7-13/h3-7,9-11H,8H2,1-2H3,(H,19,20,21,22). The zero-order valence-electron chi connectivity index (χ0n) is 13.4. The molecule has 2 heterocycles. The zero-order valence-corrected chi connectivity index (χ0v) is 15.8. The Morgan fingerprint density at radius 1 is 1.25 bits per heavy atom. The number of pyridine rings is 1. The molecular formula is C17H17BrN4OS. The molecular weight excluding hydrogens is 388 g/mol. The van der Waals surface area contributed by atoms with E-state index in [0.717, 1.165) is 22.5 Å². The predicted molar refractivity (Wildman–Crippen MR) is 100 cm³/mol. The maximum Gasteiger partial charge on any atom is 0.208 e. The van der Waals surface area contributed by atoms with E-state index in [2.05, 4.69) is 49.4 Å². The van der Waals surface area contributed by atoms with Crippen molar-refractivity contribution in [3.63, 3.8) is 0 Å². The summed E-state index contributed by atoms with van der Waals surface area (Å²) < 4.78 is 11.2. The van der Waals surface area contributed by atoms with Crippen LogP contribution in [0.1, 0.15) is 19.7 Å². The van der Waals surface area contributed by atoms with Gasteiger partial charge < -0.3 is 10.1 Å². The number of halogens is 1. The lowest BCUT2D eigenvalue weighted by Gasteiger charge is -2.10. The summed E-state index contributed by atoms with van der Waals surface area (Å²) in [6.07, 6.45) is 2.58. The first kappa shape index (κ1) is 16.9. The van der Waals surface area contributed by atoms with E-state index in [1.165, 1.54) is 11.5 Å². The second kappa shape index (κ2) is 7.72. The Bertz CT molecular complexity index is 807. The largest absolute Gasteiger partial charge is 0.453 e. The van der Waals surface area contributed by atoms with Crippen LogP contribution >= 0.6 is 27.5 Å². The highest BCUT2D eigenvalue weighted by atomic mass is 79.9. The minimum Gasteiger partial charge on any atom is -0.453 e. The summed E-state index contributed by atoms with van der Waals surface area (Å²) in [6.45, 7) is 4.30. The molecule has 24 heavy (non-hydrogen) atoms. The van der Waals surface area contributed by atoms with Crippen LogP contribution in [-0.4, -0.2) is 14.3 Å². The fourth-order valence-corrected chi connectivity index (χ4v) is 2.97. The van der Waals surface area contributed by atoms with Crippen molar-refractivity contribution in [1.82, 2.24) is 14.3 Å². The van der Waals surface area contributed by atoms with Crippen molar-refractivity contribution in [2.45, 2.75) is 20.3 Å². The first-order valence-electron chi connectivity index (χ1n) is 7.58. The highest BCUT2D eigenvalue weighted by Crippen LogP contribution is 2.32. The molecule has 0 saturated carbocycles. The van der Waals surface area contributed by atoms with Gasteiger partial charge in [-0.2, -0.15) is 4.37 Å². The number of ether oxygens (including phenoxy) is 1. The Morgan fingerprint density at radius 2 is 2.04 bits per heavy atom. The molecule has 0 atom stereocenters. The summed E-state index contributed by atoms with van der Waals surface area (Å²) in [4.78, 5) is 8.90. The lowest BCUT2D eigenvalue weighted by molar-refractivity contribution is 0.482. The van der Waals surface area contributed by atoms with Gasteiger partial charge in [0.15, 0.2) is 11.6 Å². The third kappa shape index (κ3) is 4.52. The van der Waals surface area contributed by atoms with Crippen LogP contribution in [-0.2, 0) is 6.42 Å². The summed E-state index contributed by atoms with van der Waals surface area (Å²) in [7, 11) is 0. The van der Waals surface area contributed by atoms with Crippen molar-refractivity contribution in [3.8, 4) is 11.5 Å². The lowest BCUT2D eigenvalue weighted by Crippen LogP contribution is -1.99. The van der Waals surface area contributed by atoms with Crippen LogP contribution in [0.2, 0.25) is 0 Å². The third-order valence-corrected chi connectivity index (χ3v) is 4.18. The minimum atomic E-state index is 0.523. The molecule has 7 heteroatoms. The second-order valence-electron chi connectivity index (χ2n) is 5.65. The molecule has 0 saturated heterocycles. The number of nitrogens with zero attached hydrogens (tertiary/aromatic N) is 3. The van der Waals surface area contributed by atoms with E-state index in [1.54, 1.807) is 6.20 Å². The van der Waals surface area contributed by atoms with Gasteiger partial charge in [-0.15, -0.1) is 0 Å². The number of nitrogens with one attached hydrogen (secondary N) is 1. The molecule has 2 aromatic heterocycles. The van der Waals surface area contributed by atoms with Crippen LogP contribution in [0.25, 0.3) is 0 Å². The number of para-hydroxylation sites is 1. The zero-order chi connectivity index (χ0) is 16.9. The van der Waals surface area contributed by atoms with E-state index in [0.29, 0.717) is 22.6 Å². The van der Waals surface area contributed by atoms with Crippen molar-refractivity contribution in [2.24, 2.45) is 5.92 Å². The molecule has 5 nitrogen and oxygen atoms in total. The van der Waals surface area contributed by atoms with Crippen LogP contribution < -0.4 is 10.1 Å². The highest BCUT2D eigenvalue weighted by molar-refractivity contribution is 9.10. The van der Waals surface area contributed by atoms with Crippen molar-refractivity contribution < 1.29 is 4.74 Å². The van der Waals surface area contributed by atoms with Crippen LogP contribution in [0.15, 0.2) is 47.1 Å². The lowest BCUT2D eigenvalue weighted by atomic mass is 10.1. The number of anilines is 2. The summed E-state index contributed by atoms with van der Waals surface area (Å²) in [5.74, 6) is 3.35. The minimum absolute atomic E-state index is 0.523. The van der Waals surface area contributed by atoms with Crippen LogP contribution in [0.5, 0.6) is 11.5 Å². The molecule has 0 spiro atoms. The van der Waals surface area contributed by atoms with Gasteiger partial charge in [0, 0.05) is 34.7 Å². The van der Waals surface area contributed by atoms with E-state index < -0.39 is 0 Å². The maximum atomic E-state index is 5.94. The Balaban J connectivity index is 1.81. The summed E-state index contributed by atoms with van der Waals surface area (Å²) >= 11 is 4.76. The normalized spacial score (nSPS) is 10.8. The Hall–Kier alpha value is -1.99. The molecule has 0 aliphatic carbocycles. The van der Waals surface area contributed by atoms with Crippen LogP contribution in [0.4, 0.5) is 10.9 Å². The molecule has 124 valence electrons. The topological polar surface area (TPSA) is 59.9 Å². The molecule has 1 N–H and O–H groups in total. The molecule has 0 unspecified atom stereocenters. The van der Waals surface area contributed by atoms with Gasteiger partial charge in [-0.1, -0.05) is 32.0 Å². The third-order valence-electron chi connectivity index (χ3n) is 3.07. The number of benzene rings is 1. The quantitative estimate of drug-likeness (QED) is 0.593. The highest BCUT2D eigenvalue weighted by Gasteiger charge is 2.12. The van der Waals surface area contributed by atoms with Crippen LogP contribution in [0.3, 0.4) is 0 Å². The van der Waals surface area contributed by atoms with Gasteiger partial charge in [-0.3, -0.25) is 0 Å². The SMILES string of the molecule is CC(C)Cc1nsc(Nc2ncc(Br)cc2Oc2ccccc2)n1. The average molecular weight is 405 g/mol. The molecule has 3 aromatic rings. The number of aromatic nitrogens is 3. The van der Waals surface area contributed by atoms with Gasteiger partial charge in [0.05, 0.1) is 0 Å². The molecule has 3 rings (SSSR count). The summed E-state index contributed by atoms with van der Waals surface area (Å²) in [6, 6.07) is 11.5. The van der Waals surface area contributed by atoms with Gasteiger partial charge >= 0.3 is 0 Å². The smallest absolute Gasteiger partial charge is 0.208 e. The summed E-state index contributed by atoms with van der Waals surface area (Å²) in [5, 5.41) is 3.91. The summed E-state index contributed by atoms with van der Waals surface area (Å²) in [5.41, 5.74) is 0. The molecule has 0 radical (unpaired) electrons. The Kier molecular flexibility index (Phi) is 5.42. The fraction of sp³-hybridized carbons (Fsp3) is 0.235. The van der Waals surface area contributed by atoms with Crippen molar-refractivity contribution in [3.05, 3.63) is 52.9 Å². The van der Waals surface area contributed by atoms with Gasteiger partial charge in [-0.05, 0) is 34.0 Å². The second-order valence-corrected chi connectivity index (χ2v) is 7.32. The van der Waals surface area contributed by atoms with Crippen molar-refractivity contribution in [1.29, 1.82) is 0 Å². The van der Waals surface area contributed by atoms with E-state index in [1.807, 2.05) is 36.4 Å². The monoisotopic (exact) mass is 404 g/mol. The molecule has 1 aromatic carbocycles.